The molecular weight excluding hydrogens is 216 g/mol. The molecule has 2 heterocycles. The van der Waals surface area contributed by atoms with Crippen LogP contribution in [0.4, 0.5) is 5.82 Å². The summed E-state index contributed by atoms with van der Waals surface area (Å²) in [5.41, 5.74) is 0. The number of anilines is 1. The van der Waals surface area contributed by atoms with Crippen LogP contribution < -0.4 is 9.63 Å². The Bertz CT molecular complexity index is 385. The highest BCUT2D eigenvalue weighted by molar-refractivity contribution is 7.99. The summed E-state index contributed by atoms with van der Waals surface area (Å²) < 4.78 is 0.696. The van der Waals surface area contributed by atoms with E-state index in [1.807, 2.05) is 0 Å². The molecule has 0 aliphatic carbocycles. The van der Waals surface area contributed by atoms with E-state index < -0.39 is 12.0 Å². The zero-order valence-electron chi connectivity index (χ0n) is 7.87. The van der Waals surface area contributed by atoms with Crippen molar-refractivity contribution in [3.05, 3.63) is 29.6 Å². The van der Waals surface area contributed by atoms with Crippen LogP contribution in [0.25, 0.3) is 0 Å². The Hall–Kier alpha value is -1.43. The van der Waals surface area contributed by atoms with Gasteiger partial charge in [-0.15, -0.1) is 11.8 Å². The van der Waals surface area contributed by atoms with Gasteiger partial charge in [0, 0.05) is 11.8 Å². The highest BCUT2D eigenvalue weighted by atomic mass is 32.2. The molecule has 0 radical (unpaired) electrons. The van der Waals surface area contributed by atoms with Crippen LogP contribution in [0.2, 0.25) is 0 Å². The summed E-state index contributed by atoms with van der Waals surface area (Å²) in [4.78, 5) is 12.5. The van der Waals surface area contributed by atoms with Crippen LogP contribution in [-0.2, 0) is 4.79 Å². The average molecular weight is 226 g/mol. The summed E-state index contributed by atoms with van der Waals surface area (Å²) in [6.45, 7) is 0. The topological polar surface area (TPSA) is 67.5 Å². The van der Waals surface area contributed by atoms with Gasteiger partial charge in [-0.3, -0.25) is 0 Å². The molecule has 1 N–H and O–H groups in total. The van der Waals surface area contributed by atoms with Crippen molar-refractivity contribution in [3.63, 3.8) is 0 Å². The smallest absolute Gasteiger partial charge is 0.349 e. The van der Waals surface area contributed by atoms with Crippen molar-refractivity contribution in [2.45, 2.75) is 6.04 Å². The van der Waals surface area contributed by atoms with Crippen molar-refractivity contribution in [2.24, 2.45) is 0 Å². The molecule has 1 atom stereocenters. The van der Waals surface area contributed by atoms with Gasteiger partial charge >= 0.3 is 5.97 Å². The molecule has 6 heteroatoms. The lowest BCUT2D eigenvalue weighted by atomic mass is 10.3. The van der Waals surface area contributed by atoms with Gasteiger partial charge in [-0.25, -0.2) is 14.4 Å². The van der Waals surface area contributed by atoms with E-state index in [9.17, 15) is 10.0 Å². The zero-order valence-corrected chi connectivity index (χ0v) is 8.68. The lowest BCUT2D eigenvalue weighted by Gasteiger charge is -2.18. The van der Waals surface area contributed by atoms with E-state index in [1.54, 1.807) is 23.1 Å². The van der Waals surface area contributed by atoms with E-state index in [2.05, 4.69) is 0 Å². The Kier molecular flexibility index (Phi) is 2.68. The number of thioether (sulfide) groups is 1. The molecule has 1 aromatic heterocycles. The van der Waals surface area contributed by atoms with E-state index in [4.69, 9.17) is 5.11 Å². The summed E-state index contributed by atoms with van der Waals surface area (Å²) in [7, 11) is 0. The monoisotopic (exact) mass is 226 g/mol. The highest BCUT2D eigenvalue weighted by Crippen LogP contribution is 2.25. The molecule has 1 fully saturated rings. The Balaban J connectivity index is 2.30. The van der Waals surface area contributed by atoms with Gasteiger partial charge < -0.3 is 10.3 Å². The number of carboxylic acids is 1. The number of hydrogen-bond donors (Lipinski definition) is 1. The molecule has 1 aromatic rings. The minimum atomic E-state index is -0.885. The third kappa shape index (κ3) is 1.85. The number of nitrogens with zero attached hydrogens (tertiary/aromatic N) is 2. The molecule has 5 nitrogen and oxygen atoms in total. The fourth-order valence-electron chi connectivity index (χ4n) is 1.51. The van der Waals surface area contributed by atoms with Crippen molar-refractivity contribution in [1.82, 2.24) is 0 Å². The fraction of sp³-hybridized carbons (Fsp3) is 0.333. The van der Waals surface area contributed by atoms with E-state index in [0.29, 0.717) is 22.2 Å². The first kappa shape index (κ1) is 10.1. The van der Waals surface area contributed by atoms with Crippen LogP contribution in [0.15, 0.2) is 24.4 Å². The molecule has 0 saturated carbocycles. The number of carbonyl (C=O) groups is 1. The Morgan fingerprint density at radius 3 is 3.13 bits per heavy atom. The second-order valence-corrected chi connectivity index (χ2v) is 4.21. The minimum Gasteiger partial charge on any atom is -0.711 e. The molecule has 1 unspecified atom stereocenters. The summed E-state index contributed by atoms with van der Waals surface area (Å²) in [5.74, 6) is 0.576. The maximum Gasteiger partial charge on any atom is 0.349 e. The lowest BCUT2D eigenvalue weighted by Crippen LogP contribution is -2.44. The zero-order chi connectivity index (χ0) is 10.8. The summed E-state index contributed by atoms with van der Waals surface area (Å²) in [6, 6.07) is 4.38. The maximum atomic E-state index is 11.4. The number of hydrogen-bond acceptors (Lipinski definition) is 4. The number of aliphatic carboxylic acids is 1. The highest BCUT2D eigenvalue weighted by Gasteiger charge is 2.38. The summed E-state index contributed by atoms with van der Waals surface area (Å²) >= 11 is 1.52. The minimum absolute atomic E-state index is 0.398. The van der Waals surface area contributed by atoms with E-state index in [-0.39, 0.29) is 0 Å². The van der Waals surface area contributed by atoms with Gasteiger partial charge in [-0.1, -0.05) is 6.07 Å². The molecule has 2 rings (SSSR count). The number of pyridine rings is 1. The fourth-order valence-corrected chi connectivity index (χ4v) is 2.67. The van der Waals surface area contributed by atoms with Gasteiger partial charge in [0.1, 0.15) is 5.88 Å². The summed E-state index contributed by atoms with van der Waals surface area (Å²) in [5, 5.41) is 20.4. The van der Waals surface area contributed by atoms with Gasteiger partial charge in [-0.2, -0.15) is 0 Å². The van der Waals surface area contributed by atoms with Crippen LogP contribution in [0.1, 0.15) is 0 Å². The normalized spacial score (nSPS) is 20.5. The van der Waals surface area contributed by atoms with E-state index >= 15 is 0 Å². The molecule has 1 aliphatic heterocycles. The second kappa shape index (κ2) is 3.98. The molecule has 0 aromatic carbocycles. The van der Waals surface area contributed by atoms with Crippen LogP contribution in [-0.4, -0.2) is 28.7 Å². The van der Waals surface area contributed by atoms with Gasteiger partial charge in [0.15, 0.2) is 0 Å². The molecule has 1 saturated heterocycles. The van der Waals surface area contributed by atoms with E-state index in [0.717, 1.165) is 0 Å². The predicted molar refractivity (Wildman–Crippen MR) is 56.6 cm³/mol. The summed E-state index contributed by atoms with van der Waals surface area (Å²) in [6.07, 6.45) is 1.37. The quantitative estimate of drug-likeness (QED) is 0.579. The Labute approximate surface area is 90.9 Å². The predicted octanol–water partition coefficient (Wildman–Crippen LogP) is 0.284. The Morgan fingerprint density at radius 2 is 2.47 bits per heavy atom. The number of carboxylic acid groups (broad SMARTS) is 1. The van der Waals surface area contributed by atoms with Crippen LogP contribution in [0, 0.1) is 5.21 Å². The van der Waals surface area contributed by atoms with Gasteiger partial charge in [-0.05, 0) is 6.07 Å². The van der Waals surface area contributed by atoms with Crippen molar-refractivity contribution >= 4 is 23.5 Å². The molecule has 0 amide bonds. The standard InChI is InChI=1S/C9H10N2O3S/c12-9(13)7-5-15-6-10(7)8-3-1-2-4-11(8)14/h1-4,7H,5-6H2,(H,12,13). The first-order chi connectivity index (χ1) is 7.20. The first-order valence-corrected chi connectivity index (χ1v) is 5.61. The van der Waals surface area contributed by atoms with Gasteiger partial charge in [0.25, 0.3) is 5.82 Å². The molecule has 0 spiro atoms. The largest absolute Gasteiger partial charge is 0.711 e. The number of aromatic nitrogens is 1. The van der Waals surface area contributed by atoms with Crippen LogP contribution in [0.5, 0.6) is 0 Å². The molecule has 0 bridgehead atoms. The van der Waals surface area contributed by atoms with Crippen molar-refractivity contribution < 1.29 is 14.6 Å². The Morgan fingerprint density at radius 1 is 1.67 bits per heavy atom. The molecule has 1 aliphatic rings. The van der Waals surface area contributed by atoms with Crippen molar-refractivity contribution in [1.29, 1.82) is 0 Å². The van der Waals surface area contributed by atoms with Gasteiger partial charge in [0.05, 0.1) is 6.20 Å². The lowest BCUT2D eigenvalue weighted by molar-refractivity contribution is -0.592. The molecule has 80 valence electrons. The molecular formula is C9H10N2O3S. The van der Waals surface area contributed by atoms with Gasteiger partial charge in [0.2, 0.25) is 6.04 Å². The van der Waals surface area contributed by atoms with Crippen molar-refractivity contribution in [2.75, 3.05) is 16.5 Å². The van der Waals surface area contributed by atoms with Crippen LogP contribution >= 0.6 is 11.8 Å². The first-order valence-electron chi connectivity index (χ1n) is 4.45. The van der Waals surface area contributed by atoms with E-state index in [1.165, 1.54) is 18.0 Å². The third-order valence-electron chi connectivity index (χ3n) is 2.27. The maximum absolute atomic E-state index is 11.4. The SMILES string of the molecule is O=C(O)C1CSCN1c1cccc[n+]1[O-]. The van der Waals surface area contributed by atoms with Crippen molar-refractivity contribution in [3.8, 4) is 0 Å². The van der Waals surface area contributed by atoms with Crippen LogP contribution in [0.3, 0.4) is 0 Å². The number of rotatable bonds is 2. The third-order valence-corrected chi connectivity index (χ3v) is 3.28. The molecule has 15 heavy (non-hydrogen) atoms. The second-order valence-electron chi connectivity index (χ2n) is 3.21. The average Bonchev–Trinajstić information content (AvgIpc) is 2.67.